The summed E-state index contributed by atoms with van der Waals surface area (Å²) in [6.07, 6.45) is 1.06. The lowest BCUT2D eigenvalue weighted by Crippen LogP contribution is -2.37. The number of hydrogen-bond donors (Lipinski definition) is 2. The van der Waals surface area contributed by atoms with Crippen LogP contribution in [0.1, 0.15) is 31.4 Å². The molecule has 92 valence electrons. The van der Waals surface area contributed by atoms with E-state index < -0.39 is 6.10 Å². The van der Waals surface area contributed by atoms with Crippen molar-refractivity contribution in [3.05, 3.63) is 35.6 Å². The van der Waals surface area contributed by atoms with Crippen molar-refractivity contribution >= 4 is 5.91 Å². The first kappa shape index (κ1) is 12.0. The van der Waals surface area contributed by atoms with Crippen LogP contribution in [-0.4, -0.2) is 17.1 Å². The Morgan fingerprint density at radius 1 is 1.41 bits per heavy atom. The number of nitrogens with one attached hydrogen (secondary N) is 1. The fraction of sp³-hybridized carbons (Fsp3) is 0.462. The topological polar surface area (TPSA) is 49.3 Å². The SMILES string of the molecule is CC(NC(=O)C1CC1)C(O)c1ccc(F)cc1. The minimum Gasteiger partial charge on any atom is -0.386 e. The molecule has 1 fully saturated rings. The molecule has 1 saturated carbocycles. The molecule has 2 rings (SSSR count). The number of hydrogen-bond acceptors (Lipinski definition) is 2. The van der Waals surface area contributed by atoms with Gasteiger partial charge in [0.1, 0.15) is 5.82 Å². The second kappa shape index (κ2) is 4.84. The van der Waals surface area contributed by atoms with Crippen molar-refractivity contribution in [1.82, 2.24) is 5.32 Å². The van der Waals surface area contributed by atoms with E-state index in [0.29, 0.717) is 5.56 Å². The van der Waals surface area contributed by atoms with Crippen LogP contribution in [0.4, 0.5) is 4.39 Å². The smallest absolute Gasteiger partial charge is 0.223 e. The molecular weight excluding hydrogens is 221 g/mol. The number of carbonyl (C=O) groups excluding carboxylic acids is 1. The van der Waals surface area contributed by atoms with Crippen LogP contribution in [0.5, 0.6) is 0 Å². The molecule has 0 heterocycles. The summed E-state index contributed by atoms with van der Waals surface area (Å²) in [7, 11) is 0. The van der Waals surface area contributed by atoms with Gasteiger partial charge in [0.05, 0.1) is 12.1 Å². The van der Waals surface area contributed by atoms with Gasteiger partial charge in [-0.15, -0.1) is 0 Å². The van der Waals surface area contributed by atoms with Gasteiger partial charge in [-0.05, 0) is 37.5 Å². The number of aliphatic hydroxyl groups is 1. The molecule has 3 nitrogen and oxygen atoms in total. The summed E-state index contributed by atoms with van der Waals surface area (Å²) in [6, 6.07) is 5.29. The average molecular weight is 237 g/mol. The molecule has 2 N–H and O–H groups in total. The Morgan fingerprint density at radius 2 is 2.00 bits per heavy atom. The zero-order chi connectivity index (χ0) is 12.4. The van der Waals surface area contributed by atoms with Crippen molar-refractivity contribution in [2.24, 2.45) is 5.92 Å². The Labute approximate surface area is 99.7 Å². The van der Waals surface area contributed by atoms with Crippen LogP contribution in [-0.2, 0) is 4.79 Å². The van der Waals surface area contributed by atoms with Gasteiger partial charge in [0, 0.05) is 5.92 Å². The summed E-state index contributed by atoms with van der Waals surface area (Å²) >= 11 is 0. The van der Waals surface area contributed by atoms with Gasteiger partial charge in [0.15, 0.2) is 0 Å². The highest BCUT2D eigenvalue weighted by Gasteiger charge is 2.31. The lowest BCUT2D eigenvalue weighted by molar-refractivity contribution is -0.123. The van der Waals surface area contributed by atoms with Crippen LogP contribution in [0.25, 0.3) is 0 Å². The number of rotatable bonds is 4. The van der Waals surface area contributed by atoms with Crippen molar-refractivity contribution in [2.45, 2.75) is 31.9 Å². The highest BCUT2D eigenvalue weighted by Crippen LogP contribution is 2.29. The van der Waals surface area contributed by atoms with Gasteiger partial charge in [-0.25, -0.2) is 4.39 Å². The summed E-state index contributed by atoms with van der Waals surface area (Å²) in [5.74, 6) is -0.216. The molecular formula is C13H16FNO2. The molecule has 0 saturated heterocycles. The molecule has 0 spiro atoms. The first-order valence-corrected chi connectivity index (χ1v) is 5.82. The summed E-state index contributed by atoms with van der Waals surface area (Å²) < 4.78 is 12.7. The standard InChI is InChI=1S/C13H16FNO2/c1-8(15-13(17)10-2-3-10)12(16)9-4-6-11(14)7-5-9/h4-8,10,12,16H,2-3H2,1H3,(H,15,17). The van der Waals surface area contributed by atoms with Gasteiger partial charge in [0.25, 0.3) is 0 Å². The van der Waals surface area contributed by atoms with E-state index in [1.807, 2.05) is 0 Å². The van der Waals surface area contributed by atoms with Crippen molar-refractivity contribution in [3.63, 3.8) is 0 Å². The molecule has 2 unspecified atom stereocenters. The van der Waals surface area contributed by atoms with Gasteiger partial charge < -0.3 is 10.4 Å². The average Bonchev–Trinajstić information content (AvgIpc) is 3.12. The molecule has 4 heteroatoms. The number of benzene rings is 1. The summed E-state index contributed by atoms with van der Waals surface area (Å²) in [5.41, 5.74) is 0.606. The molecule has 1 amide bonds. The highest BCUT2D eigenvalue weighted by molar-refractivity contribution is 5.81. The third-order valence-corrected chi connectivity index (χ3v) is 3.00. The van der Waals surface area contributed by atoms with Crippen molar-refractivity contribution in [2.75, 3.05) is 0 Å². The molecule has 1 aromatic rings. The Kier molecular flexibility index (Phi) is 3.43. The van der Waals surface area contributed by atoms with Crippen LogP contribution < -0.4 is 5.32 Å². The molecule has 0 aliphatic heterocycles. The number of amides is 1. The third-order valence-electron chi connectivity index (χ3n) is 3.00. The number of carbonyl (C=O) groups is 1. The minimum atomic E-state index is -0.807. The van der Waals surface area contributed by atoms with Crippen LogP contribution >= 0.6 is 0 Å². The molecule has 1 aliphatic carbocycles. The van der Waals surface area contributed by atoms with E-state index >= 15 is 0 Å². The van der Waals surface area contributed by atoms with Crippen LogP contribution in [0.3, 0.4) is 0 Å². The Balaban J connectivity index is 1.95. The second-order valence-electron chi connectivity index (χ2n) is 4.57. The lowest BCUT2D eigenvalue weighted by atomic mass is 10.0. The second-order valence-corrected chi connectivity index (χ2v) is 4.57. The van der Waals surface area contributed by atoms with Gasteiger partial charge >= 0.3 is 0 Å². The molecule has 0 radical (unpaired) electrons. The van der Waals surface area contributed by atoms with Crippen molar-refractivity contribution in [1.29, 1.82) is 0 Å². The molecule has 0 bridgehead atoms. The molecule has 1 aromatic carbocycles. The maximum absolute atomic E-state index is 12.7. The molecule has 0 aromatic heterocycles. The third kappa shape index (κ3) is 3.03. The monoisotopic (exact) mass is 237 g/mol. The van der Waals surface area contributed by atoms with Crippen molar-refractivity contribution in [3.8, 4) is 0 Å². The summed E-state index contributed by atoms with van der Waals surface area (Å²) in [4.78, 5) is 11.5. The Bertz CT molecular complexity index is 400. The minimum absolute atomic E-state index is 0.00124. The predicted molar refractivity (Wildman–Crippen MR) is 61.7 cm³/mol. The van der Waals surface area contributed by atoms with Crippen molar-refractivity contribution < 1.29 is 14.3 Å². The first-order chi connectivity index (χ1) is 8.08. The van der Waals surface area contributed by atoms with Crippen LogP contribution in [0.15, 0.2) is 24.3 Å². The quantitative estimate of drug-likeness (QED) is 0.838. The largest absolute Gasteiger partial charge is 0.386 e. The van der Waals surface area contributed by atoms with Gasteiger partial charge in [-0.1, -0.05) is 12.1 Å². The van der Waals surface area contributed by atoms with Crippen LogP contribution in [0, 0.1) is 11.7 Å². The fourth-order valence-corrected chi connectivity index (χ4v) is 1.72. The predicted octanol–water partition coefficient (Wildman–Crippen LogP) is 1.77. The summed E-state index contributed by atoms with van der Waals surface area (Å²) in [6.45, 7) is 1.74. The zero-order valence-electron chi connectivity index (χ0n) is 9.69. The number of halogens is 1. The van der Waals surface area contributed by atoms with E-state index in [1.54, 1.807) is 6.92 Å². The molecule has 1 aliphatic rings. The van der Waals surface area contributed by atoms with E-state index in [0.717, 1.165) is 12.8 Å². The highest BCUT2D eigenvalue weighted by atomic mass is 19.1. The van der Waals surface area contributed by atoms with E-state index in [4.69, 9.17) is 0 Å². The van der Waals surface area contributed by atoms with E-state index in [9.17, 15) is 14.3 Å². The Hall–Kier alpha value is -1.42. The van der Waals surface area contributed by atoms with Crippen LogP contribution in [0.2, 0.25) is 0 Å². The maximum Gasteiger partial charge on any atom is 0.223 e. The normalized spacial score (nSPS) is 18.5. The molecule has 2 atom stereocenters. The maximum atomic E-state index is 12.7. The number of aliphatic hydroxyl groups excluding tert-OH is 1. The molecule has 17 heavy (non-hydrogen) atoms. The van der Waals surface area contributed by atoms with E-state index in [-0.39, 0.29) is 23.7 Å². The lowest BCUT2D eigenvalue weighted by Gasteiger charge is -2.20. The zero-order valence-corrected chi connectivity index (χ0v) is 9.69. The fourth-order valence-electron chi connectivity index (χ4n) is 1.72. The van der Waals surface area contributed by atoms with Gasteiger partial charge in [-0.3, -0.25) is 4.79 Å². The van der Waals surface area contributed by atoms with Gasteiger partial charge in [-0.2, -0.15) is 0 Å². The first-order valence-electron chi connectivity index (χ1n) is 5.82. The van der Waals surface area contributed by atoms with E-state index in [1.165, 1.54) is 24.3 Å². The van der Waals surface area contributed by atoms with E-state index in [2.05, 4.69) is 5.32 Å². The van der Waals surface area contributed by atoms with Gasteiger partial charge in [0.2, 0.25) is 5.91 Å². The Morgan fingerprint density at radius 3 is 2.53 bits per heavy atom. The summed E-state index contributed by atoms with van der Waals surface area (Å²) in [5, 5.41) is 12.8.